The lowest BCUT2D eigenvalue weighted by Gasteiger charge is -2.08. The first-order valence-corrected chi connectivity index (χ1v) is 6.06. The van der Waals surface area contributed by atoms with Crippen LogP contribution in [0.5, 0.6) is 0 Å². The zero-order valence-corrected chi connectivity index (χ0v) is 10.7. The third-order valence-corrected chi connectivity index (χ3v) is 2.61. The van der Waals surface area contributed by atoms with E-state index in [0.717, 1.165) is 13.0 Å². The van der Waals surface area contributed by atoms with Gasteiger partial charge >= 0.3 is 0 Å². The summed E-state index contributed by atoms with van der Waals surface area (Å²) in [4.78, 5) is 16.1. The summed E-state index contributed by atoms with van der Waals surface area (Å²) in [5.74, 6) is 0.451. The number of hydrogen-bond acceptors (Lipinski definition) is 5. The lowest BCUT2D eigenvalue weighted by molar-refractivity contribution is 0.0953. The largest absolute Gasteiger partial charge is 0.372 e. The maximum absolute atomic E-state index is 12.0. The second-order valence-electron chi connectivity index (χ2n) is 3.93. The Morgan fingerprint density at radius 1 is 1.42 bits per heavy atom. The molecule has 0 saturated heterocycles. The van der Waals surface area contributed by atoms with Crippen LogP contribution < -0.4 is 10.6 Å². The monoisotopic (exact) mass is 260 g/mol. The van der Waals surface area contributed by atoms with Crippen LogP contribution in [-0.2, 0) is 6.54 Å². The molecule has 0 aliphatic carbocycles. The number of anilines is 1. The highest BCUT2D eigenvalue weighted by atomic mass is 16.1. The van der Waals surface area contributed by atoms with Crippen molar-refractivity contribution in [2.75, 3.05) is 18.9 Å². The van der Waals surface area contributed by atoms with Crippen molar-refractivity contribution in [3.05, 3.63) is 36.3 Å². The number of aromatic nitrogens is 4. The van der Waals surface area contributed by atoms with Gasteiger partial charge in [0.2, 0.25) is 0 Å². The van der Waals surface area contributed by atoms with E-state index < -0.39 is 0 Å². The minimum Gasteiger partial charge on any atom is -0.372 e. The first kappa shape index (κ1) is 13.0. The Labute approximate surface area is 111 Å². The van der Waals surface area contributed by atoms with Crippen LogP contribution in [0.4, 0.5) is 5.82 Å². The Balaban J connectivity index is 1.81. The topological polar surface area (TPSA) is 84.7 Å². The van der Waals surface area contributed by atoms with Crippen LogP contribution in [0, 0.1) is 0 Å². The molecule has 0 aliphatic heterocycles. The number of carbonyl (C=O) groups is 1. The maximum atomic E-state index is 12.0. The fourth-order valence-corrected chi connectivity index (χ4v) is 1.68. The molecule has 0 unspecified atom stereocenters. The highest BCUT2D eigenvalue weighted by molar-refractivity contribution is 5.98. The van der Waals surface area contributed by atoms with Crippen molar-refractivity contribution in [2.24, 2.45) is 0 Å². The average molecular weight is 260 g/mol. The summed E-state index contributed by atoms with van der Waals surface area (Å²) in [6, 6.07) is 3.48. The highest BCUT2D eigenvalue weighted by Crippen LogP contribution is 2.09. The van der Waals surface area contributed by atoms with Gasteiger partial charge in [0.1, 0.15) is 5.82 Å². The fourth-order valence-electron chi connectivity index (χ4n) is 1.68. The van der Waals surface area contributed by atoms with Crippen molar-refractivity contribution < 1.29 is 4.79 Å². The Bertz CT molecular complexity index is 525. The van der Waals surface area contributed by atoms with Gasteiger partial charge < -0.3 is 10.6 Å². The predicted molar refractivity (Wildman–Crippen MR) is 70.8 cm³/mol. The van der Waals surface area contributed by atoms with Crippen LogP contribution in [0.1, 0.15) is 16.8 Å². The molecular formula is C12H16N6O. The second-order valence-corrected chi connectivity index (χ2v) is 3.93. The van der Waals surface area contributed by atoms with Crippen molar-refractivity contribution in [2.45, 2.75) is 13.0 Å². The number of nitrogens with zero attached hydrogens (tertiary/aromatic N) is 4. The normalized spacial score (nSPS) is 10.2. The lowest BCUT2D eigenvalue weighted by atomic mass is 10.2. The first-order valence-electron chi connectivity index (χ1n) is 6.06. The predicted octanol–water partition coefficient (Wildman–Crippen LogP) is 0.535. The molecule has 0 atom stereocenters. The SMILES string of the molecule is CNc1ncccc1C(=O)NCCCn1ccnn1. The van der Waals surface area contributed by atoms with Crippen LogP contribution >= 0.6 is 0 Å². The molecule has 0 fully saturated rings. The molecule has 0 bridgehead atoms. The van der Waals surface area contributed by atoms with Crippen LogP contribution in [0.25, 0.3) is 0 Å². The van der Waals surface area contributed by atoms with Gasteiger partial charge in [0, 0.05) is 32.5 Å². The second kappa shape index (κ2) is 6.48. The molecule has 2 aromatic rings. The van der Waals surface area contributed by atoms with Crippen molar-refractivity contribution in [3.8, 4) is 0 Å². The first-order chi connectivity index (χ1) is 9.31. The summed E-state index contributed by atoms with van der Waals surface area (Å²) < 4.78 is 1.73. The highest BCUT2D eigenvalue weighted by Gasteiger charge is 2.10. The van der Waals surface area contributed by atoms with Gasteiger partial charge in [-0.25, -0.2) is 4.98 Å². The van der Waals surface area contributed by atoms with Crippen LogP contribution in [0.3, 0.4) is 0 Å². The minimum atomic E-state index is -0.129. The summed E-state index contributed by atoms with van der Waals surface area (Å²) in [5.41, 5.74) is 0.547. The molecule has 2 heterocycles. The molecule has 100 valence electrons. The Kier molecular flexibility index (Phi) is 4.44. The number of amides is 1. The van der Waals surface area contributed by atoms with Gasteiger partial charge in [-0.2, -0.15) is 0 Å². The Morgan fingerprint density at radius 2 is 2.32 bits per heavy atom. The van der Waals surface area contributed by atoms with E-state index in [-0.39, 0.29) is 5.91 Å². The van der Waals surface area contributed by atoms with Gasteiger partial charge in [0.15, 0.2) is 0 Å². The molecule has 7 heteroatoms. The lowest BCUT2D eigenvalue weighted by Crippen LogP contribution is -2.26. The van der Waals surface area contributed by atoms with Gasteiger partial charge in [-0.1, -0.05) is 5.21 Å². The third kappa shape index (κ3) is 3.51. The van der Waals surface area contributed by atoms with Crippen molar-refractivity contribution in [3.63, 3.8) is 0 Å². The molecule has 0 aliphatic rings. The molecule has 2 rings (SSSR count). The summed E-state index contributed by atoms with van der Waals surface area (Å²) in [5, 5.41) is 13.3. The summed E-state index contributed by atoms with van der Waals surface area (Å²) in [7, 11) is 1.74. The molecule has 0 aromatic carbocycles. The maximum Gasteiger partial charge on any atom is 0.255 e. The molecule has 2 N–H and O–H groups in total. The average Bonchev–Trinajstić information content (AvgIpc) is 2.96. The van der Waals surface area contributed by atoms with E-state index in [0.29, 0.717) is 17.9 Å². The zero-order chi connectivity index (χ0) is 13.5. The molecule has 1 amide bonds. The van der Waals surface area contributed by atoms with Gasteiger partial charge in [-0.15, -0.1) is 5.10 Å². The molecular weight excluding hydrogens is 244 g/mol. The third-order valence-electron chi connectivity index (χ3n) is 2.61. The number of nitrogens with one attached hydrogen (secondary N) is 2. The van der Waals surface area contributed by atoms with E-state index in [4.69, 9.17) is 0 Å². The van der Waals surface area contributed by atoms with E-state index in [2.05, 4.69) is 25.9 Å². The molecule has 7 nitrogen and oxygen atoms in total. The van der Waals surface area contributed by atoms with Crippen LogP contribution in [-0.4, -0.2) is 39.5 Å². The fraction of sp³-hybridized carbons (Fsp3) is 0.333. The standard InChI is InChI=1S/C12H16N6O/c1-13-11-10(4-2-5-14-11)12(19)15-6-3-8-18-9-7-16-17-18/h2,4-5,7,9H,3,6,8H2,1H3,(H,13,14)(H,15,19). The van der Waals surface area contributed by atoms with Gasteiger partial charge in [-0.3, -0.25) is 9.48 Å². The number of pyridine rings is 1. The molecule has 19 heavy (non-hydrogen) atoms. The quantitative estimate of drug-likeness (QED) is 0.740. The zero-order valence-electron chi connectivity index (χ0n) is 10.7. The van der Waals surface area contributed by atoms with Crippen LogP contribution in [0.2, 0.25) is 0 Å². The van der Waals surface area contributed by atoms with Gasteiger partial charge in [0.25, 0.3) is 5.91 Å². The van der Waals surface area contributed by atoms with Gasteiger partial charge in [0.05, 0.1) is 11.8 Å². The molecule has 0 radical (unpaired) electrons. The molecule has 0 saturated carbocycles. The number of aryl methyl sites for hydroxylation is 1. The summed E-state index contributed by atoms with van der Waals surface area (Å²) in [6.07, 6.45) is 5.87. The molecule has 0 spiro atoms. The van der Waals surface area contributed by atoms with Crippen molar-refractivity contribution in [1.82, 2.24) is 25.3 Å². The van der Waals surface area contributed by atoms with E-state index >= 15 is 0 Å². The van der Waals surface area contributed by atoms with E-state index in [1.165, 1.54) is 0 Å². The number of rotatable bonds is 6. The number of hydrogen-bond donors (Lipinski definition) is 2. The number of carbonyl (C=O) groups excluding carboxylic acids is 1. The summed E-state index contributed by atoms with van der Waals surface area (Å²) >= 11 is 0. The van der Waals surface area contributed by atoms with E-state index in [1.54, 1.807) is 42.5 Å². The van der Waals surface area contributed by atoms with E-state index in [9.17, 15) is 4.79 Å². The van der Waals surface area contributed by atoms with E-state index in [1.807, 2.05) is 0 Å². The smallest absolute Gasteiger partial charge is 0.255 e. The minimum absolute atomic E-state index is 0.129. The Morgan fingerprint density at radius 3 is 3.05 bits per heavy atom. The van der Waals surface area contributed by atoms with Crippen molar-refractivity contribution in [1.29, 1.82) is 0 Å². The summed E-state index contributed by atoms with van der Waals surface area (Å²) in [6.45, 7) is 1.31. The Hall–Kier alpha value is -2.44. The van der Waals surface area contributed by atoms with Crippen molar-refractivity contribution >= 4 is 11.7 Å². The van der Waals surface area contributed by atoms with Crippen LogP contribution in [0.15, 0.2) is 30.7 Å². The molecule has 2 aromatic heterocycles. The van der Waals surface area contributed by atoms with Gasteiger partial charge in [-0.05, 0) is 18.6 Å².